The maximum Gasteiger partial charge on any atom is 0.255 e. The average molecular weight is 386 g/mol. The van der Waals surface area contributed by atoms with Gasteiger partial charge in [0.2, 0.25) is 5.91 Å². The molecule has 2 aromatic rings. The molecule has 27 heavy (non-hydrogen) atoms. The fraction of sp³-hybridized carbons (Fsp3) is 0.381. The van der Waals surface area contributed by atoms with E-state index >= 15 is 0 Å². The van der Waals surface area contributed by atoms with E-state index in [1.807, 2.05) is 29.2 Å². The number of likely N-dealkylation sites (tertiary alicyclic amines) is 1. The lowest BCUT2D eigenvalue weighted by Crippen LogP contribution is -2.41. The third-order valence-electron chi connectivity index (χ3n) is 4.98. The highest BCUT2D eigenvalue weighted by molar-refractivity contribution is 6.31. The Labute approximate surface area is 164 Å². The third-order valence-corrected chi connectivity index (χ3v) is 5.35. The molecule has 0 bridgehead atoms. The van der Waals surface area contributed by atoms with Gasteiger partial charge in [0.1, 0.15) is 0 Å². The van der Waals surface area contributed by atoms with E-state index in [0.29, 0.717) is 49.0 Å². The molecule has 6 heteroatoms. The van der Waals surface area contributed by atoms with Gasteiger partial charge in [0, 0.05) is 43.5 Å². The number of pyridine rings is 1. The molecule has 1 N–H and O–H groups in total. The maximum atomic E-state index is 12.4. The standard InChI is InChI=1S/C21H24ClN3O2/c22-19-6-2-1-4-17(19)7-8-20(26)24-14-16-9-12-25(13-10-16)21(27)18-5-3-11-23-15-18/h1-6,11,15-16H,7-10,12-14H2,(H,24,26). The molecule has 0 unspecified atom stereocenters. The quantitative estimate of drug-likeness (QED) is 0.829. The average Bonchev–Trinajstić information content (AvgIpc) is 2.72. The summed E-state index contributed by atoms with van der Waals surface area (Å²) in [5.41, 5.74) is 1.63. The van der Waals surface area contributed by atoms with Crippen molar-refractivity contribution in [2.75, 3.05) is 19.6 Å². The number of hydrogen-bond acceptors (Lipinski definition) is 3. The third kappa shape index (κ3) is 5.54. The van der Waals surface area contributed by atoms with Crippen LogP contribution in [0.4, 0.5) is 0 Å². The Kier molecular flexibility index (Phi) is 6.82. The lowest BCUT2D eigenvalue weighted by Gasteiger charge is -2.32. The van der Waals surface area contributed by atoms with Gasteiger partial charge in [-0.25, -0.2) is 0 Å². The highest BCUT2D eigenvalue weighted by atomic mass is 35.5. The number of nitrogens with one attached hydrogen (secondary N) is 1. The molecular formula is C21H24ClN3O2. The SMILES string of the molecule is O=C(CCc1ccccc1Cl)NCC1CCN(C(=O)c2cccnc2)CC1. The van der Waals surface area contributed by atoms with Crippen molar-refractivity contribution in [3.05, 3.63) is 64.9 Å². The number of aromatic nitrogens is 1. The van der Waals surface area contributed by atoms with E-state index in [9.17, 15) is 9.59 Å². The Morgan fingerprint density at radius 1 is 1.15 bits per heavy atom. The molecule has 3 rings (SSSR count). The van der Waals surface area contributed by atoms with Crippen LogP contribution in [0.1, 0.15) is 35.2 Å². The molecule has 1 aromatic heterocycles. The van der Waals surface area contributed by atoms with E-state index < -0.39 is 0 Å². The second-order valence-electron chi connectivity index (χ2n) is 6.87. The van der Waals surface area contributed by atoms with Crippen molar-refractivity contribution in [2.24, 2.45) is 5.92 Å². The van der Waals surface area contributed by atoms with E-state index in [2.05, 4.69) is 10.3 Å². The van der Waals surface area contributed by atoms with Crippen LogP contribution in [0.3, 0.4) is 0 Å². The summed E-state index contributed by atoms with van der Waals surface area (Å²) in [6.07, 6.45) is 6.14. The minimum absolute atomic E-state index is 0.0327. The number of benzene rings is 1. The van der Waals surface area contributed by atoms with Crippen LogP contribution in [0, 0.1) is 5.92 Å². The summed E-state index contributed by atoms with van der Waals surface area (Å²) >= 11 is 6.12. The topological polar surface area (TPSA) is 62.3 Å². The molecule has 1 aliphatic rings. The van der Waals surface area contributed by atoms with Gasteiger partial charge in [0.15, 0.2) is 0 Å². The molecule has 0 atom stereocenters. The van der Waals surface area contributed by atoms with Crippen LogP contribution in [-0.2, 0) is 11.2 Å². The predicted molar refractivity (Wildman–Crippen MR) is 106 cm³/mol. The van der Waals surface area contributed by atoms with Crippen molar-refractivity contribution in [3.8, 4) is 0 Å². The zero-order valence-electron chi connectivity index (χ0n) is 15.2. The monoisotopic (exact) mass is 385 g/mol. The zero-order chi connectivity index (χ0) is 19.1. The Bertz CT molecular complexity index is 774. The van der Waals surface area contributed by atoms with Crippen molar-refractivity contribution < 1.29 is 9.59 Å². The van der Waals surface area contributed by atoms with E-state index in [-0.39, 0.29) is 11.8 Å². The molecule has 0 aliphatic carbocycles. The van der Waals surface area contributed by atoms with Crippen molar-refractivity contribution in [1.29, 1.82) is 0 Å². The fourth-order valence-corrected chi connectivity index (χ4v) is 3.54. The maximum absolute atomic E-state index is 12.4. The largest absolute Gasteiger partial charge is 0.356 e. The van der Waals surface area contributed by atoms with E-state index in [0.717, 1.165) is 18.4 Å². The normalized spacial score (nSPS) is 14.8. The number of aryl methyl sites for hydroxylation is 1. The molecule has 0 spiro atoms. The minimum atomic E-state index is 0.0327. The van der Waals surface area contributed by atoms with Crippen LogP contribution < -0.4 is 5.32 Å². The fourth-order valence-electron chi connectivity index (χ4n) is 3.31. The Morgan fingerprint density at radius 3 is 2.63 bits per heavy atom. The van der Waals surface area contributed by atoms with Gasteiger partial charge in [0.05, 0.1) is 5.56 Å². The van der Waals surface area contributed by atoms with Gasteiger partial charge >= 0.3 is 0 Å². The molecule has 1 aliphatic heterocycles. The molecule has 5 nitrogen and oxygen atoms in total. The van der Waals surface area contributed by atoms with Gasteiger partial charge in [-0.3, -0.25) is 14.6 Å². The van der Waals surface area contributed by atoms with Crippen LogP contribution in [0.5, 0.6) is 0 Å². The zero-order valence-corrected chi connectivity index (χ0v) is 16.0. The molecule has 0 saturated carbocycles. The summed E-state index contributed by atoms with van der Waals surface area (Å²) in [5.74, 6) is 0.487. The summed E-state index contributed by atoms with van der Waals surface area (Å²) in [4.78, 5) is 30.4. The first-order valence-electron chi connectivity index (χ1n) is 9.33. The van der Waals surface area contributed by atoms with Gasteiger partial charge in [-0.15, -0.1) is 0 Å². The second kappa shape index (κ2) is 9.51. The van der Waals surface area contributed by atoms with Crippen LogP contribution in [0.15, 0.2) is 48.8 Å². The van der Waals surface area contributed by atoms with Gasteiger partial charge in [-0.05, 0) is 48.9 Å². The number of rotatable bonds is 6. The molecule has 1 aromatic carbocycles. The smallest absolute Gasteiger partial charge is 0.255 e. The first-order valence-corrected chi connectivity index (χ1v) is 9.70. The molecule has 0 radical (unpaired) electrons. The van der Waals surface area contributed by atoms with Crippen LogP contribution in [-0.4, -0.2) is 41.3 Å². The van der Waals surface area contributed by atoms with Crippen LogP contribution in [0.2, 0.25) is 5.02 Å². The van der Waals surface area contributed by atoms with Gasteiger partial charge < -0.3 is 10.2 Å². The second-order valence-corrected chi connectivity index (χ2v) is 7.28. The number of halogens is 1. The number of nitrogens with zero attached hydrogens (tertiary/aromatic N) is 2. The highest BCUT2D eigenvalue weighted by Gasteiger charge is 2.23. The highest BCUT2D eigenvalue weighted by Crippen LogP contribution is 2.19. The molecule has 2 amide bonds. The van der Waals surface area contributed by atoms with E-state index in [1.165, 1.54) is 0 Å². The van der Waals surface area contributed by atoms with Crippen molar-refractivity contribution in [1.82, 2.24) is 15.2 Å². The summed E-state index contributed by atoms with van der Waals surface area (Å²) in [6, 6.07) is 11.2. The minimum Gasteiger partial charge on any atom is -0.356 e. The predicted octanol–water partition coefficient (Wildman–Crippen LogP) is 3.34. The molecular weight excluding hydrogens is 362 g/mol. The van der Waals surface area contributed by atoms with Crippen LogP contribution >= 0.6 is 11.6 Å². The summed E-state index contributed by atoms with van der Waals surface area (Å²) < 4.78 is 0. The molecule has 2 heterocycles. The summed E-state index contributed by atoms with van der Waals surface area (Å²) in [6.45, 7) is 2.10. The number of piperidine rings is 1. The van der Waals surface area contributed by atoms with Gasteiger partial charge in [0.25, 0.3) is 5.91 Å². The number of carbonyl (C=O) groups is 2. The number of hydrogen-bond donors (Lipinski definition) is 1. The van der Waals surface area contributed by atoms with Crippen molar-refractivity contribution in [2.45, 2.75) is 25.7 Å². The lowest BCUT2D eigenvalue weighted by molar-refractivity contribution is -0.121. The Balaban J connectivity index is 1.37. The number of carbonyl (C=O) groups excluding carboxylic acids is 2. The summed E-state index contributed by atoms with van der Waals surface area (Å²) in [7, 11) is 0. The van der Waals surface area contributed by atoms with Crippen LogP contribution in [0.25, 0.3) is 0 Å². The van der Waals surface area contributed by atoms with Crippen molar-refractivity contribution >= 4 is 23.4 Å². The Hall–Kier alpha value is -2.40. The molecule has 142 valence electrons. The first kappa shape index (κ1) is 19.4. The van der Waals surface area contributed by atoms with E-state index in [1.54, 1.807) is 24.5 Å². The Morgan fingerprint density at radius 2 is 1.93 bits per heavy atom. The number of amides is 2. The van der Waals surface area contributed by atoms with E-state index in [4.69, 9.17) is 11.6 Å². The van der Waals surface area contributed by atoms with Crippen molar-refractivity contribution in [3.63, 3.8) is 0 Å². The van der Waals surface area contributed by atoms with Gasteiger partial charge in [-0.1, -0.05) is 29.8 Å². The summed E-state index contributed by atoms with van der Waals surface area (Å²) in [5, 5.41) is 3.73. The van der Waals surface area contributed by atoms with Gasteiger partial charge in [-0.2, -0.15) is 0 Å². The first-order chi connectivity index (χ1) is 13.1. The molecule has 1 saturated heterocycles. The molecule has 1 fully saturated rings. The lowest BCUT2D eigenvalue weighted by atomic mass is 9.96.